The van der Waals surface area contributed by atoms with Gasteiger partial charge in [-0.2, -0.15) is 0 Å². The number of rotatable bonds is 4. The fourth-order valence-electron chi connectivity index (χ4n) is 0.742. The van der Waals surface area contributed by atoms with Gasteiger partial charge in [-0.3, -0.25) is 0 Å². The average molecular weight is 261 g/mol. The van der Waals surface area contributed by atoms with Crippen LogP contribution in [0.3, 0.4) is 0 Å². The Kier molecular flexibility index (Phi) is 4.73. The van der Waals surface area contributed by atoms with E-state index in [-0.39, 0.29) is 0 Å². The Bertz CT molecular complexity index is 268. The molecule has 1 atom stereocenters. The van der Waals surface area contributed by atoms with Crippen molar-refractivity contribution >= 4 is 27.7 Å². The third-order valence-electron chi connectivity index (χ3n) is 1.82. The summed E-state index contributed by atoms with van der Waals surface area (Å²) in [5.41, 5.74) is 0. The van der Waals surface area contributed by atoms with Crippen LogP contribution in [0.2, 0.25) is 0 Å². The highest BCUT2D eigenvalue weighted by Gasteiger charge is 2.01. The second-order valence-electron chi connectivity index (χ2n) is 3.00. The van der Waals surface area contributed by atoms with E-state index < -0.39 is 0 Å². The maximum Gasteiger partial charge on any atom is 0.118 e. The van der Waals surface area contributed by atoms with Gasteiger partial charge in [-0.25, -0.2) is 9.97 Å². The summed E-state index contributed by atoms with van der Waals surface area (Å²) >= 11 is 5.11. The van der Waals surface area contributed by atoms with Gasteiger partial charge in [0.1, 0.15) is 16.0 Å². The number of hydrogen-bond donors (Lipinski definition) is 0. The molecule has 4 heteroatoms. The van der Waals surface area contributed by atoms with Crippen molar-refractivity contribution in [3.63, 3.8) is 0 Å². The number of aromatic nitrogens is 2. The first-order valence-corrected chi connectivity index (χ1v) is 6.10. The molecular weight excluding hydrogens is 248 g/mol. The van der Waals surface area contributed by atoms with E-state index in [0.717, 1.165) is 21.3 Å². The van der Waals surface area contributed by atoms with Crippen molar-refractivity contribution in [2.24, 2.45) is 5.92 Å². The predicted molar refractivity (Wildman–Crippen MR) is 59.9 cm³/mol. The topological polar surface area (TPSA) is 25.8 Å². The maximum atomic E-state index is 4.17. The molecule has 0 spiro atoms. The lowest BCUT2D eigenvalue weighted by molar-refractivity contribution is 0.636. The zero-order valence-electron chi connectivity index (χ0n) is 7.83. The minimum atomic E-state index is 0.749. The van der Waals surface area contributed by atoms with Crippen molar-refractivity contribution in [2.45, 2.75) is 25.3 Å². The molecule has 0 aliphatic rings. The van der Waals surface area contributed by atoms with Crippen molar-refractivity contribution in [3.8, 4) is 0 Å². The molecule has 72 valence electrons. The van der Waals surface area contributed by atoms with Crippen LogP contribution in [0.15, 0.2) is 22.0 Å². The summed E-state index contributed by atoms with van der Waals surface area (Å²) in [6, 6.07) is 1.95. The van der Waals surface area contributed by atoms with Crippen LogP contribution in [-0.2, 0) is 0 Å². The summed E-state index contributed by atoms with van der Waals surface area (Å²) in [7, 11) is 0. The van der Waals surface area contributed by atoms with Gasteiger partial charge in [-0.05, 0) is 21.8 Å². The Labute approximate surface area is 91.7 Å². The van der Waals surface area contributed by atoms with Crippen molar-refractivity contribution < 1.29 is 0 Å². The predicted octanol–water partition coefficient (Wildman–Crippen LogP) is 3.38. The Balaban J connectivity index is 2.45. The quantitative estimate of drug-likeness (QED) is 0.613. The smallest absolute Gasteiger partial charge is 0.118 e. The molecule has 0 amide bonds. The van der Waals surface area contributed by atoms with Crippen molar-refractivity contribution in [1.82, 2.24) is 9.97 Å². The van der Waals surface area contributed by atoms with Gasteiger partial charge < -0.3 is 0 Å². The summed E-state index contributed by atoms with van der Waals surface area (Å²) in [5.74, 6) is 1.87. The van der Waals surface area contributed by atoms with Crippen LogP contribution >= 0.6 is 27.7 Å². The summed E-state index contributed by atoms with van der Waals surface area (Å²) in [4.78, 5) is 8.15. The molecule has 0 saturated heterocycles. The second kappa shape index (κ2) is 5.60. The third kappa shape index (κ3) is 4.09. The first kappa shape index (κ1) is 11.0. The summed E-state index contributed by atoms with van der Waals surface area (Å²) < 4.78 is 0.856. The first-order chi connectivity index (χ1) is 6.22. The van der Waals surface area contributed by atoms with Crippen LogP contribution < -0.4 is 0 Å². The highest BCUT2D eigenvalue weighted by atomic mass is 79.9. The molecule has 1 rings (SSSR count). The Morgan fingerprint density at radius 3 is 2.92 bits per heavy atom. The second-order valence-corrected chi connectivity index (χ2v) is 4.86. The lowest BCUT2D eigenvalue weighted by Gasteiger charge is -2.06. The zero-order valence-corrected chi connectivity index (χ0v) is 10.2. The van der Waals surface area contributed by atoms with Crippen molar-refractivity contribution in [1.29, 1.82) is 0 Å². The number of thioether (sulfide) groups is 1. The molecule has 2 nitrogen and oxygen atoms in total. The standard InChI is InChI=1S/C9H13BrN2S/c1-3-7(2)5-13-9-4-8(10)11-6-12-9/h4,6-7H,3,5H2,1-2H3. The Morgan fingerprint density at radius 1 is 1.54 bits per heavy atom. The molecule has 0 bridgehead atoms. The molecule has 0 aromatic carbocycles. The first-order valence-electron chi connectivity index (χ1n) is 4.32. The fraction of sp³-hybridized carbons (Fsp3) is 0.556. The minimum Gasteiger partial charge on any atom is -0.230 e. The maximum absolute atomic E-state index is 4.17. The van der Waals surface area contributed by atoms with Crippen LogP contribution in [0.5, 0.6) is 0 Å². The fourth-order valence-corrected chi connectivity index (χ4v) is 2.21. The van der Waals surface area contributed by atoms with Gasteiger partial charge in [-0.15, -0.1) is 11.8 Å². The Morgan fingerprint density at radius 2 is 2.31 bits per heavy atom. The lowest BCUT2D eigenvalue weighted by Crippen LogP contribution is -1.95. The highest BCUT2D eigenvalue weighted by Crippen LogP contribution is 2.21. The minimum absolute atomic E-state index is 0.749. The van der Waals surface area contributed by atoms with Gasteiger partial charge in [-0.1, -0.05) is 20.3 Å². The van der Waals surface area contributed by atoms with Crippen LogP contribution in [0.1, 0.15) is 20.3 Å². The molecule has 0 radical (unpaired) electrons. The van der Waals surface area contributed by atoms with Crippen LogP contribution in [0, 0.1) is 5.92 Å². The number of hydrogen-bond acceptors (Lipinski definition) is 3. The van der Waals surface area contributed by atoms with E-state index in [1.165, 1.54) is 6.42 Å². The SMILES string of the molecule is CCC(C)CSc1cc(Br)ncn1. The van der Waals surface area contributed by atoms with Crippen LogP contribution in [0.4, 0.5) is 0 Å². The van der Waals surface area contributed by atoms with Crippen molar-refractivity contribution in [2.75, 3.05) is 5.75 Å². The molecule has 1 aromatic heterocycles. The van der Waals surface area contributed by atoms with Gasteiger partial charge >= 0.3 is 0 Å². The van der Waals surface area contributed by atoms with Crippen molar-refractivity contribution in [3.05, 3.63) is 17.0 Å². The summed E-state index contributed by atoms with van der Waals surface area (Å²) in [6.07, 6.45) is 2.81. The van der Waals surface area contributed by atoms with Crippen LogP contribution in [-0.4, -0.2) is 15.7 Å². The van der Waals surface area contributed by atoms with E-state index in [1.807, 2.05) is 6.07 Å². The number of halogens is 1. The molecule has 13 heavy (non-hydrogen) atoms. The molecule has 0 N–H and O–H groups in total. The third-order valence-corrected chi connectivity index (χ3v) is 3.51. The Hall–Kier alpha value is -0.0900. The number of nitrogens with zero attached hydrogens (tertiary/aromatic N) is 2. The molecule has 0 aliphatic heterocycles. The molecule has 0 fully saturated rings. The molecule has 0 aliphatic carbocycles. The molecular formula is C9H13BrN2S. The normalized spacial score (nSPS) is 12.8. The van der Waals surface area contributed by atoms with Gasteiger partial charge in [0, 0.05) is 11.8 Å². The van der Waals surface area contributed by atoms with E-state index in [4.69, 9.17) is 0 Å². The van der Waals surface area contributed by atoms with Gasteiger partial charge in [0.25, 0.3) is 0 Å². The molecule has 1 aromatic rings. The molecule has 1 unspecified atom stereocenters. The largest absolute Gasteiger partial charge is 0.230 e. The average Bonchev–Trinajstić information content (AvgIpc) is 2.14. The van der Waals surface area contributed by atoms with E-state index in [0.29, 0.717) is 0 Å². The van der Waals surface area contributed by atoms with E-state index in [1.54, 1.807) is 18.1 Å². The van der Waals surface area contributed by atoms with E-state index in [2.05, 4.69) is 39.7 Å². The van der Waals surface area contributed by atoms with Gasteiger partial charge in [0.2, 0.25) is 0 Å². The van der Waals surface area contributed by atoms with Crippen LogP contribution in [0.25, 0.3) is 0 Å². The summed E-state index contributed by atoms with van der Waals surface area (Å²) in [5, 5.41) is 1.04. The van der Waals surface area contributed by atoms with Gasteiger partial charge in [0.05, 0.1) is 0 Å². The summed E-state index contributed by atoms with van der Waals surface area (Å²) in [6.45, 7) is 4.46. The molecule has 1 heterocycles. The van der Waals surface area contributed by atoms with Gasteiger partial charge in [0.15, 0.2) is 0 Å². The molecule has 0 saturated carbocycles. The van der Waals surface area contributed by atoms with E-state index in [9.17, 15) is 0 Å². The van der Waals surface area contributed by atoms with E-state index >= 15 is 0 Å². The zero-order chi connectivity index (χ0) is 9.68. The highest BCUT2D eigenvalue weighted by molar-refractivity contribution is 9.10. The monoisotopic (exact) mass is 260 g/mol. The lowest BCUT2D eigenvalue weighted by atomic mass is 10.2.